The van der Waals surface area contributed by atoms with Crippen molar-refractivity contribution in [1.29, 1.82) is 0 Å². The molecule has 0 fully saturated rings. The van der Waals surface area contributed by atoms with Gasteiger partial charge in [-0.25, -0.2) is 4.98 Å². The second-order valence-corrected chi connectivity index (χ2v) is 4.98. The Labute approximate surface area is 130 Å². The Balaban J connectivity index is 2.06. The maximum Gasteiger partial charge on any atom is 0.218 e. The van der Waals surface area contributed by atoms with E-state index in [-0.39, 0.29) is 0 Å². The van der Waals surface area contributed by atoms with Gasteiger partial charge in [0, 0.05) is 18.2 Å². The third kappa shape index (κ3) is 4.69. The largest absolute Gasteiger partial charge is 0.476 e. The summed E-state index contributed by atoms with van der Waals surface area (Å²) in [4.78, 5) is 11.0. The molecule has 21 heavy (non-hydrogen) atoms. The van der Waals surface area contributed by atoms with Gasteiger partial charge in [-0.05, 0) is 13.1 Å². The van der Waals surface area contributed by atoms with E-state index in [1.807, 2.05) is 30.3 Å². The zero-order chi connectivity index (χ0) is 15.1. The molecule has 0 radical (unpaired) electrons. The minimum absolute atomic E-state index is 0.390. The Hall–Kier alpha value is -1.65. The second kappa shape index (κ2) is 7.96. The van der Waals surface area contributed by atoms with Crippen LogP contribution in [-0.4, -0.2) is 41.1 Å². The van der Waals surface area contributed by atoms with Crippen molar-refractivity contribution in [1.82, 2.24) is 14.9 Å². The summed E-state index contributed by atoms with van der Waals surface area (Å²) in [6.45, 7) is 7.76. The molecular formula is C16H20ClN3O. The molecule has 112 valence electrons. The molecule has 0 unspecified atom stereocenters. The average molecular weight is 306 g/mol. The highest BCUT2D eigenvalue weighted by Crippen LogP contribution is 2.21. The SMILES string of the molecule is CCN(CC)CCOc1cc(Cl)nc(-c2ccccc2)n1. The number of likely N-dealkylation sites (N-methyl/N-ethyl adjacent to an activating group) is 1. The third-order valence-electron chi connectivity index (χ3n) is 3.26. The minimum Gasteiger partial charge on any atom is -0.476 e. The number of hydrogen-bond acceptors (Lipinski definition) is 4. The van der Waals surface area contributed by atoms with Gasteiger partial charge in [0.1, 0.15) is 11.8 Å². The van der Waals surface area contributed by atoms with Crippen LogP contribution in [0.25, 0.3) is 11.4 Å². The number of benzene rings is 1. The number of nitrogens with zero attached hydrogens (tertiary/aromatic N) is 3. The quantitative estimate of drug-likeness (QED) is 0.734. The summed E-state index contributed by atoms with van der Waals surface area (Å²) in [5, 5.41) is 0.390. The summed E-state index contributed by atoms with van der Waals surface area (Å²) in [7, 11) is 0. The molecule has 2 rings (SSSR count). The van der Waals surface area contributed by atoms with Crippen LogP contribution in [0, 0.1) is 0 Å². The smallest absolute Gasteiger partial charge is 0.218 e. The predicted molar refractivity (Wildman–Crippen MR) is 85.8 cm³/mol. The number of ether oxygens (including phenoxy) is 1. The van der Waals surface area contributed by atoms with Crippen LogP contribution >= 0.6 is 11.6 Å². The molecule has 0 aliphatic heterocycles. The number of rotatable bonds is 7. The van der Waals surface area contributed by atoms with Crippen molar-refractivity contribution >= 4 is 11.6 Å². The van der Waals surface area contributed by atoms with E-state index in [4.69, 9.17) is 16.3 Å². The maximum atomic E-state index is 6.05. The summed E-state index contributed by atoms with van der Waals surface area (Å²) in [5.41, 5.74) is 0.925. The molecule has 4 nitrogen and oxygen atoms in total. The molecule has 0 amide bonds. The Morgan fingerprint density at radius 3 is 2.48 bits per heavy atom. The minimum atomic E-state index is 0.390. The lowest BCUT2D eigenvalue weighted by Crippen LogP contribution is -2.28. The third-order valence-corrected chi connectivity index (χ3v) is 3.45. The van der Waals surface area contributed by atoms with Crippen LogP contribution in [0.3, 0.4) is 0 Å². The van der Waals surface area contributed by atoms with E-state index in [0.717, 1.165) is 25.2 Å². The van der Waals surface area contributed by atoms with Crippen molar-refractivity contribution in [3.63, 3.8) is 0 Å². The lowest BCUT2D eigenvalue weighted by molar-refractivity contribution is 0.218. The Morgan fingerprint density at radius 1 is 1.10 bits per heavy atom. The van der Waals surface area contributed by atoms with E-state index >= 15 is 0 Å². The summed E-state index contributed by atoms with van der Waals surface area (Å²) in [6.07, 6.45) is 0. The number of halogens is 1. The van der Waals surface area contributed by atoms with Gasteiger partial charge in [-0.3, -0.25) is 0 Å². The molecule has 1 aromatic heterocycles. The standard InChI is InChI=1S/C16H20ClN3O/c1-3-20(4-2)10-11-21-15-12-14(17)18-16(19-15)13-8-6-5-7-9-13/h5-9,12H,3-4,10-11H2,1-2H3. The predicted octanol–water partition coefficient (Wildman–Crippen LogP) is 3.52. The van der Waals surface area contributed by atoms with Gasteiger partial charge in [0.05, 0.1) is 0 Å². The summed E-state index contributed by atoms with van der Waals surface area (Å²) >= 11 is 6.05. The molecule has 0 aliphatic rings. The second-order valence-electron chi connectivity index (χ2n) is 4.59. The monoisotopic (exact) mass is 305 g/mol. The van der Waals surface area contributed by atoms with Crippen molar-refractivity contribution < 1.29 is 4.74 Å². The van der Waals surface area contributed by atoms with Gasteiger partial charge in [-0.1, -0.05) is 55.8 Å². The summed E-state index contributed by atoms with van der Waals surface area (Å²) in [5.74, 6) is 1.10. The fourth-order valence-electron chi connectivity index (χ4n) is 2.01. The van der Waals surface area contributed by atoms with Crippen LogP contribution in [-0.2, 0) is 0 Å². The highest BCUT2D eigenvalue weighted by molar-refractivity contribution is 6.29. The van der Waals surface area contributed by atoms with E-state index in [9.17, 15) is 0 Å². The first kappa shape index (κ1) is 15.7. The first-order valence-corrected chi connectivity index (χ1v) is 7.56. The molecule has 5 heteroatoms. The Kier molecular flexibility index (Phi) is 5.96. The van der Waals surface area contributed by atoms with Crippen LogP contribution in [0.2, 0.25) is 5.15 Å². The van der Waals surface area contributed by atoms with Crippen molar-refractivity contribution in [3.8, 4) is 17.3 Å². The molecule has 0 N–H and O–H groups in total. The van der Waals surface area contributed by atoms with Gasteiger partial charge in [-0.2, -0.15) is 4.98 Å². The van der Waals surface area contributed by atoms with Crippen molar-refractivity contribution in [2.75, 3.05) is 26.2 Å². The Bertz CT molecular complexity index is 559. The fourth-order valence-corrected chi connectivity index (χ4v) is 2.18. The van der Waals surface area contributed by atoms with Crippen LogP contribution in [0.4, 0.5) is 0 Å². The van der Waals surface area contributed by atoms with Crippen LogP contribution in [0.15, 0.2) is 36.4 Å². The van der Waals surface area contributed by atoms with E-state index < -0.39 is 0 Å². The van der Waals surface area contributed by atoms with Gasteiger partial charge in [0.15, 0.2) is 5.82 Å². The number of hydrogen-bond donors (Lipinski definition) is 0. The van der Waals surface area contributed by atoms with E-state index in [1.54, 1.807) is 6.07 Å². The van der Waals surface area contributed by atoms with Gasteiger partial charge in [0.25, 0.3) is 0 Å². The van der Waals surface area contributed by atoms with Crippen LogP contribution < -0.4 is 4.74 Å². The van der Waals surface area contributed by atoms with Crippen LogP contribution in [0.1, 0.15) is 13.8 Å². The zero-order valence-corrected chi connectivity index (χ0v) is 13.2. The molecule has 1 aromatic carbocycles. The first-order valence-electron chi connectivity index (χ1n) is 7.18. The number of aromatic nitrogens is 2. The lowest BCUT2D eigenvalue weighted by atomic mass is 10.2. The molecule has 0 aliphatic carbocycles. The summed E-state index contributed by atoms with van der Waals surface area (Å²) in [6, 6.07) is 11.4. The average Bonchev–Trinajstić information content (AvgIpc) is 2.52. The molecule has 1 heterocycles. The van der Waals surface area contributed by atoms with Crippen molar-refractivity contribution in [2.24, 2.45) is 0 Å². The Morgan fingerprint density at radius 2 is 1.81 bits per heavy atom. The lowest BCUT2D eigenvalue weighted by Gasteiger charge is -2.17. The summed E-state index contributed by atoms with van der Waals surface area (Å²) < 4.78 is 5.71. The van der Waals surface area contributed by atoms with Gasteiger partial charge < -0.3 is 9.64 Å². The zero-order valence-electron chi connectivity index (χ0n) is 12.4. The van der Waals surface area contributed by atoms with Gasteiger partial charge in [0.2, 0.25) is 5.88 Å². The highest BCUT2D eigenvalue weighted by atomic mass is 35.5. The van der Waals surface area contributed by atoms with Gasteiger partial charge in [-0.15, -0.1) is 0 Å². The molecule has 0 spiro atoms. The fraction of sp³-hybridized carbons (Fsp3) is 0.375. The van der Waals surface area contributed by atoms with Crippen LogP contribution in [0.5, 0.6) is 5.88 Å². The van der Waals surface area contributed by atoms with E-state index in [0.29, 0.717) is 23.5 Å². The highest BCUT2D eigenvalue weighted by Gasteiger charge is 2.07. The topological polar surface area (TPSA) is 38.2 Å². The molecule has 2 aromatic rings. The molecule has 0 atom stereocenters. The van der Waals surface area contributed by atoms with Crippen molar-refractivity contribution in [3.05, 3.63) is 41.6 Å². The molecule has 0 bridgehead atoms. The molecular weight excluding hydrogens is 286 g/mol. The normalized spacial score (nSPS) is 10.9. The van der Waals surface area contributed by atoms with E-state index in [1.165, 1.54) is 0 Å². The van der Waals surface area contributed by atoms with E-state index in [2.05, 4.69) is 28.7 Å². The molecule has 0 saturated carbocycles. The van der Waals surface area contributed by atoms with Crippen molar-refractivity contribution in [2.45, 2.75) is 13.8 Å². The first-order chi connectivity index (χ1) is 10.2. The molecule has 0 saturated heterocycles. The maximum absolute atomic E-state index is 6.05. The van der Waals surface area contributed by atoms with Gasteiger partial charge >= 0.3 is 0 Å².